The van der Waals surface area contributed by atoms with Crippen LogP contribution in [0.4, 0.5) is 0 Å². The number of rotatable bonds is 6. The Morgan fingerprint density at radius 1 is 0.391 bits per heavy atom. The van der Waals surface area contributed by atoms with Gasteiger partial charge in [0.25, 0.3) is 0 Å². The van der Waals surface area contributed by atoms with E-state index in [9.17, 15) is 0 Å². The van der Waals surface area contributed by atoms with E-state index < -0.39 is 15.8 Å². The third-order valence-corrected chi connectivity index (χ3v) is 11.0. The summed E-state index contributed by atoms with van der Waals surface area (Å²) < 4.78 is 0. The number of benzene rings is 6. The third-order valence-electron chi connectivity index (χ3n) is 6.09. The van der Waals surface area contributed by atoms with E-state index in [1.165, 1.54) is 31.8 Å². The van der Waals surface area contributed by atoms with E-state index in [-0.39, 0.29) is 75.8 Å². The molecule has 0 N–H and O–H groups in total. The molecule has 6 aromatic carbocycles. The van der Waals surface area contributed by atoms with Crippen LogP contribution < -0.4 is 61.4 Å². The van der Waals surface area contributed by atoms with Crippen LogP contribution in [0.1, 0.15) is 1.43 Å². The molecule has 0 fully saturated rings. The van der Waals surface area contributed by atoms with Gasteiger partial charge in [-0.15, -0.1) is 0 Å². The summed E-state index contributed by atoms with van der Waals surface area (Å²) in [6.45, 7) is 0. The molecular weight excluding hydrogens is 857 g/mol. The molecule has 0 bridgehead atoms. The standard InChI is InChI=1S/2C18H15P.B.2ClH.HNP.Na.2Pd.H/c2*1-4-10-16(11-5-1)19(17-12-6-2-7-13-17)18-14-8-3-9-15-18;;;;1-2;;;;/h2*1-15H;;2*1H;2H;;;;/q;;;;;-1;+1;;+2;-1/p-2. The van der Waals surface area contributed by atoms with Gasteiger partial charge in [-0.2, -0.15) is 0 Å². The van der Waals surface area contributed by atoms with Gasteiger partial charge in [0.15, 0.2) is 0 Å². The molecule has 0 unspecified atom stereocenters. The number of hydrogen-bond donors (Lipinski definition) is 0. The smallest absolute Gasteiger partial charge is 1.00 e. The molecule has 0 saturated carbocycles. The fourth-order valence-electron chi connectivity index (χ4n) is 4.36. The van der Waals surface area contributed by atoms with Gasteiger partial charge in [0.05, 0.1) is 0 Å². The molecule has 1 nitrogen and oxygen atoms in total. The van der Waals surface area contributed by atoms with Gasteiger partial charge in [-0.3, -0.25) is 9.03 Å². The van der Waals surface area contributed by atoms with Crippen LogP contribution in [-0.4, -0.2) is 8.41 Å². The summed E-state index contributed by atoms with van der Waals surface area (Å²) in [6.07, 6.45) is 0. The second-order valence-corrected chi connectivity index (χ2v) is 15.5. The van der Waals surface area contributed by atoms with Crippen molar-refractivity contribution in [1.29, 1.82) is 0 Å². The van der Waals surface area contributed by atoms with Gasteiger partial charge in [0, 0.05) is 28.8 Å². The summed E-state index contributed by atoms with van der Waals surface area (Å²) in [5.74, 6) is 0. The van der Waals surface area contributed by atoms with Gasteiger partial charge in [0.1, 0.15) is 0 Å². The summed E-state index contributed by atoms with van der Waals surface area (Å²) in [5, 5.41) is 15.2. The Kier molecular flexibility index (Phi) is 27.7. The Bertz CT molecular complexity index is 1250. The molecule has 0 aliphatic heterocycles. The molecule has 0 aliphatic rings. The van der Waals surface area contributed by atoms with Gasteiger partial charge in [-0.1, -0.05) is 182 Å². The minimum Gasteiger partial charge on any atom is -1.00 e. The minimum atomic E-state index is -0.446. The molecule has 10 heteroatoms. The van der Waals surface area contributed by atoms with E-state index >= 15 is 0 Å². The summed E-state index contributed by atoms with van der Waals surface area (Å²) in [5.41, 5.74) is 0. The zero-order chi connectivity index (χ0) is 30.5. The van der Waals surface area contributed by atoms with Gasteiger partial charge < -0.3 is 6.59 Å². The van der Waals surface area contributed by atoms with Gasteiger partial charge in [-0.05, 0) is 47.7 Å². The zero-order valence-electron chi connectivity index (χ0n) is 26.1. The van der Waals surface area contributed by atoms with Crippen molar-refractivity contribution in [3.05, 3.63) is 187 Å². The quantitative estimate of drug-likeness (QED) is 0.148. The van der Waals surface area contributed by atoms with Crippen molar-refractivity contribution in [3.8, 4) is 0 Å². The van der Waals surface area contributed by atoms with E-state index in [1.54, 1.807) is 0 Å². The Morgan fingerprint density at radius 3 is 0.609 bits per heavy atom. The maximum absolute atomic E-state index is 6.81. The van der Waals surface area contributed by atoms with Crippen molar-refractivity contribution in [1.82, 2.24) is 0 Å². The van der Waals surface area contributed by atoms with Crippen LogP contribution >= 0.6 is 43.9 Å². The van der Waals surface area contributed by atoms with E-state index in [0.29, 0.717) is 0 Å². The van der Waals surface area contributed by atoms with Crippen LogP contribution in [0.25, 0.3) is 5.16 Å². The van der Waals surface area contributed by atoms with E-state index in [4.69, 9.17) is 24.2 Å². The number of halogens is 2. The molecule has 0 aromatic heterocycles. The minimum absolute atomic E-state index is 0. The predicted molar refractivity (Wildman–Crippen MR) is 201 cm³/mol. The average Bonchev–Trinajstić information content (AvgIpc) is 3.10. The largest absolute Gasteiger partial charge is 1.00 e. The van der Waals surface area contributed by atoms with E-state index in [2.05, 4.69) is 182 Å². The zero-order valence-corrected chi connectivity index (χ0v) is 34.5. The van der Waals surface area contributed by atoms with Crippen LogP contribution in [0.3, 0.4) is 0 Å². The van der Waals surface area contributed by atoms with Crippen molar-refractivity contribution >= 4 is 84.2 Å². The molecule has 3 radical (unpaired) electrons. The van der Waals surface area contributed by atoms with Crippen LogP contribution in [0, 0.1) is 0 Å². The van der Waals surface area contributed by atoms with Gasteiger partial charge >= 0.3 is 64.6 Å². The molecule has 0 heterocycles. The normalized spacial score (nSPS) is 9.30. The molecule has 6 rings (SSSR count). The first-order valence-corrected chi connectivity index (χ1v) is 20.4. The molecule has 0 aliphatic carbocycles. The van der Waals surface area contributed by atoms with Crippen molar-refractivity contribution in [2.24, 2.45) is 0 Å². The van der Waals surface area contributed by atoms with Crippen molar-refractivity contribution in [2.75, 3.05) is 0 Å². The first-order valence-electron chi connectivity index (χ1n) is 13.3. The van der Waals surface area contributed by atoms with Crippen LogP contribution in [0.5, 0.6) is 0 Å². The van der Waals surface area contributed by atoms with Crippen LogP contribution in [0.15, 0.2) is 182 Å². The maximum Gasteiger partial charge on any atom is 1.00 e. The summed E-state index contributed by atoms with van der Waals surface area (Å²) in [7, 11) is 10.7. The van der Waals surface area contributed by atoms with Crippen molar-refractivity contribution in [3.63, 3.8) is 0 Å². The Labute approximate surface area is 335 Å². The van der Waals surface area contributed by atoms with E-state index in [1.807, 2.05) is 9.03 Å². The fourth-order valence-corrected chi connectivity index (χ4v) is 8.97. The second kappa shape index (κ2) is 28.1. The molecule has 46 heavy (non-hydrogen) atoms. The summed E-state index contributed by atoms with van der Waals surface area (Å²) in [4.78, 5) is 0. The SMILES string of the molecule is [B].[Cl][Pd][Cl].[H-].[N-]=P.[Na+].[Pd].c1ccc(P(c2ccccc2)c2ccccc2)cc1.c1ccc(P(c2ccccc2)c2ccccc2)cc1. The van der Waals surface area contributed by atoms with Crippen molar-refractivity contribution < 1.29 is 67.3 Å². The molecular formula is C36H32BCl2NNaP3Pd2-. The molecule has 0 saturated heterocycles. The third kappa shape index (κ3) is 15.2. The fraction of sp³-hybridized carbons (Fsp3) is 0. The monoisotopic (exact) mass is 887 g/mol. The van der Waals surface area contributed by atoms with E-state index in [0.717, 1.165) is 0 Å². The Morgan fingerprint density at radius 2 is 0.500 bits per heavy atom. The topological polar surface area (TPSA) is 22.3 Å². The molecule has 235 valence electrons. The second-order valence-electron chi connectivity index (χ2n) is 8.73. The van der Waals surface area contributed by atoms with Gasteiger partial charge in [-0.25, -0.2) is 0 Å². The maximum atomic E-state index is 6.81. The molecule has 0 spiro atoms. The van der Waals surface area contributed by atoms with Crippen LogP contribution in [-0.2, 0) is 36.4 Å². The Balaban J connectivity index is 0. The first-order chi connectivity index (χ1) is 21.3. The molecule has 6 aromatic rings. The van der Waals surface area contributed by atoms with Crippen LogP contribution in [0.2, 0.25) is 0 Å². The van der Waals surface area contributed by atoms with Crippen molar-refractivity contribution in [2.45, 2.75) is 0 Å². The molecule has 0 atom stereocenters. The number of nitrogens with zero attached hydrogens (tertiary/aromatic N) is 1. The summed E-state index contributed by atoms with van der Waals surface area (Å²) in [6, 6.07) is 64.7. The average molecular weight is 889 g/mol. The molecule has 0 amide bonds. The number of hydrogen-bond acceptors (Lipinski definition) is 0. The predicted octanol–water partition coefficient (Wildman–Crippen LogP) is 5.88. The Hall–Kier alpha value is -0.750. The first kappa shape index (κ1) is 45.2. The summed E-state index contributed by atoms with van der Waals surface area (Å²) >= 11 is -0.106. The van der Waals surface area contributed by atoms with Gasteiger partial charge in [0.2, 0.25) is 0 Å².